The molecular weight excluding hydrogens is 240 g/mol. The van der Waals surface area contributed by atoms with Crippen LogP contribution < -0.4 is 11.1 Å². The maximum absolute atomic E-state index is 5.55. The number of rotatable bonds is 2. The zero-order chi connectivity index (χ0) is 13.1. The van der Waals surface area contributed by atoms with E-state index in [0.717, 1.165) is 16.8 Å². The summed E-state index contributed by atoms with van der Waals surface area (Å²) < 4.78 is 0. The number of benzene rings is 2. The van der Waals surface area contributed by atoms with Gasteiger partial charge in [0.25, 0.3) is 0 Å². The lowest BCUT2D eigenvalue weighted by atomic mass is 9.99. The number of nitrogens with two attached hydrogens (primary N) is 1. The summed E-state index contributed by atoms with van der Waals surface area (Å²) in [6.45, 7) is 4.22. The average Bonchev–Trinajstić information content (AvgIpc) is 2.33. The van der Waals surface area contributed by atoms with Gasteiger partial charge in [0.2, 0.25) is 0 Å². The molecule has 0 aliphatic heterocycles. The van der Waals surface area contributed by atoms with Crippen molar-refractivity contribution in [3.63, 3.8) is 0 Å². The molecule has 0 amide bonds. The van der Waals surface area contributed by atoms with Gasteiger partial charge in [-0.05, 0) is 48.8 Å². The second-order valence-electron chi connectivity index (χ2n) is 4.33. The van der Waals surface area contributed by atoms with E-state index in [9.17, 15) is 0 Å². The average molecular weight is 256 g/mol. The molecule has 0 fully saturated rings. The van der Waals surface area contributed by atoms with Crippen LogP contribution in [0.3, 0.4) is 0 Å². The molecule has 0 radical (unpaired) electrons. The van der Waals surface area contributed by atoms with Crippen molar-refractivity contribution in [2.75, 3.05) is 5.32 Å². The molecule has 0 heterocycles. The Bertz CT molecular complexity index is 591. The fraction of sp³-hybridized carbons (Fsp3) is 0.133. The van der Waals surface area contributed by atoms with Gasteiger partial charge in [-0.2, -0.15) is 0 Å². The minimum atomic E-state index is 0.284. The Hall–Kier alpha value is -1.87. The predicted octanol–water partition coefficient (Wildman–Crippen LogP) is 3.63. The van der Waals surface area contributed by atoms with Crippen molar-refractivity contribution in [3.8, 4) is 11.1 Å². The van der Waals surface area contributed by atoms with Gasteiger partial charge >= 0.3 is 0 Å². The number of para-hydroxylation sites is 1. The Balaban J connectivity index is 2.49. The summed E-state index contributed by atoms with van der Waals surface area (Å²) >= 11 is 4.90. The Kier molecular flexibility index (Phi) is 3.63. The third-order valence-electron chi connectivity index (χ3n) is 3.00. The van der Waals surface area contributed by atoms with Crippen molar-refractivity contribution in [1.82, 2.24) is 0 Å². The van der Waals surface area contributed by atoms with Gasteiger partial charge in [-0.3, -0.25) is 0 Å². The van der Waals surface area contributed by atoms with Gasteiger partial charge in [0, 0.05) is 11.3 Å². The van der Waals surface area contributed by atoms with Gasteiger partial charge in [0.1, 0.15) is 0 Å². The summed E-state index contributed by atoms with van der Waals surface area (Å²) in [5, 5.41) is 3.30. The summed E-state index contributed by atoms with van der Waals surface area (Å²) in [6, 6.07) is 14.4. The van der Waals surface area contributed by atoms with Gasteiger partial charge in [0.15, 0.2) is 5.11 Å². The van der Waals surface area contributed by atoms with Crippen molar-refractivity contribution >= 4 is 23.0 Å². The van der Waals surface area contributed by atoms with Gasteiger partial charge < -0.3 is 11.1 Å². The molecule has 0 saturated carbocycles. The Morgan fingerprint density at radius 1 is 1.06 bits per heavy atom. The van der Waals surface area contributed by atoms with E-state index in [0.29, 0.717) is 0 Å². The van der Waals surface area contributed by atoms with Crippen molar-refractivity contribution < 1.29 is 0 Å². The van der Waals surface area contributed by atoms with Gasteiger partial charge in [0.05, 0.1) is 0 Å². The second kappa shape index (κ2) is 5.19. The van der Waals surface area contributed by atoms with Crippen LogP contribution >= 0.6 is 12.2 Å². The minimum absolute atomic E-state index is 0.284. The van der Waals surface area contributed by atoms with E-state index >= 15 is 0 Å². The van der Waals surface area contributed by atoms with Crippen LogP contribution in [0.2, 0.25) is 0 Å². The Labute approximate surface area is 113 Å². The van der Waals surface area contributed by atoms with E-state index in [1.54, 1.807) is 0 Å². The van der Waals surface area contributed by atoms with Crippen LogP contribution in [0.25, 0.3) is 11.1 Å². The number of aryl methyl sites for hydroxylation is 2. The van der Waals surface area contributed by atoms with E-state index in [2.05, 4.69) is 43.4 Å². The monoisotopic (exact) mass is 256 g/mol. The fourth-order valence-corrected chi connectivity index (χ4v) is 2.00. The molecule has 0 aromatic heterocycles. The first-order valence-electron chi connectivity index (χ1n) is 5.81. The van der Waals surface area contributed by atoms with Crippen molar-refractivity contribution in [3.05, 3.63) is 53.6 Å². The minimum Gasteiger partial charge on any atom is -0.376 e. The Morgan fingerprint density at radius 2 is 1.78 bits per heavy atom. The molecular formula is C15H16N2S. The van der Waals surface area contributed by atoms with Crippen LogP contribution in [-0.2, 0) is 0 Å². The van der Waals surface area contributed by atoms with Gasteiger partial charge in [-0.15, -0.1) is 0 Å². The normalized spacial score (nSPS) is 10.1. The highest BCUT2D eigenvalue weighted by Gasteiger charge is 2.05. The zero-order valence-electron chi connectivity index (χ0n) is 10.5. The molecule has 2 rings (SSSR count). The summed E-state index contributed by atoms with van der Waals surface area (Å²) in [6.07, 6.45) is 0. The van der Waals surface area contributed by atoms with Crippen LogP contribution in [0.15, 0.2) is 42.5 Å². The molecule has 0 atom stereocenters. The summed E-state index contributed by atoms with van der Waals surface area (Å²) in [5.74, 6) is 0. The van der Waals surface area contributed by atoms with E-state index in [1.807, 2.05) is 18.2 Å². The molecule has 3 heteroatoms. The summed E-state index contributed by atoms with van der Waals surface area (Å²) in [7, 11) is 0. The smallest absolute Gasteiger partial charge is 0.168 e. The SMILES string of the molecule is Cc1ccc(-c2ccccc2NC(N)=S)cc1C. The highest BCUT2D eigenvalue weighted by atomic mass is 32.1. The van der Waals surface area contributed by atoms with Crippen LogP contribution in [0, 0.1) is 13.8 Å². The first-order valence-corrected chi connectivity index (χ1v) is 6.22. The maximum atomic E-state index is 5.55. The quantitative estimate of drug-likeness (QED) is 0.806. The Morgan fingerprint density at radius 3 is 2.44 bits per heavy atom. The molecule has 0 aliphatic carbocycles. The molecule has 2 aromatic carbocycles. The topological polar surface area (TPSA) is 38.0 Å². The molecule has 2 aromatic rings. The maximum Gasteiger partial charge on any atom is 0.168 e. The van der Waals surface area contributed by atoms with E-state index in [4.69, 9.17) is 18.0 Å². The number of hydrogen-bond donors (Lipinski definition) is 2. The van der Waals surface area contributed by atoms with Gasteiger partial charge in [-0.25, -0.2) is 0 Å². The molecule has 3 N–H and O–H groups in total. The van der Waals surface area contributed by atoms with E-state index < -0.39 is 0 Å². The third kappa shape index (κ3) is 2.68. The third-order valence-corrected chi connectivity index (χ3v) is 3.10. The number of nitrogens with one attached hydrogen (secondary N) is 1. The molecule has 2 nitrogen and oxygen atoms in total. The van der Waals surface area contributed by atoms with Crippen molar-refractivity contribution in [2.45, 2.75) is 13.8 Å². The van der Waals surface area contributed by atoms with Crippen molar-refractivity contribution in [2.24, 2.45) is 5.73 Å². The fourth-order valence-electron chi connectivity index (χ4n) is 1.89. The van der Waals surface area contributed by atoms with Gasteiger partial charge in [-0.1, -0.05) is 36.4 Å². The first kappa shape index (κ1) is 12.6. The summed E-state index contributed by atoms with van der Waals surface area (Å²) in [5.41, 5.74) is 11.3. The number of hydrogen-bond acceptors (Lipinski definition) is 1. The first-order chi connectivity index (χ1) is 8.58. The number of thiocarbonyl (C=S) groups is 1. The molecule has 0 saturated heterocycles. The molecule has 0 spiro atoms. The predicted molar refractivity (Wildman–Crippen MR) is 81.8 cm³/mol. The lowest BCUT2D eigenvalue weighted by Gasteiger charge is -2.12. The van der Waals surface area contributed by atoms with E-state index in [1.165, 1.54) is 11.1 Å². The molecule has 0 bridgehead atoms. The summed E-state index contributed by atoms with van der Waals surface area (Å²) in [4.78, 5) is 0. The van der Waals surface area contributed by atoms with Crippen LogP contribution in [0.1, 0.15) is 11.1 Å². The largest absolute Gasteiger partial charge is 0.376 e. The van der Waals surface area contributed by atoms with Crippen LogP contribution in [-0.4, -0.2) is 5.11 Å². The van der Waals surface area contributed by atoms with E-state index in [-0.39, 0.29) is 5.11 Å². The molecule has 92 valence electrons. The van der Waals surface area contributed by atoms with Crippen LogP contribution in [0.4, 0.5) is 5.69 Å². The second-order valence-corrected chi connectivity index (χ2v) is 4.77. The number of anilines is 1. The standard InChI is InChI=1S/C15H16N2S/c1-10-7-8-12(9-11(10)2)13-5-3-4-6-14(13)17-15(16)18/h3-9H,1-2H3,(H3,16,17,18). The zero-order valence-corrected chi connectivity index (χ0v) is 11.3. The van der Waals surface area contributed by atoms with Crippen molar-refractivity contribution in [1.29, 1.82) is 0 Å². The molecule has 0 aliphatic rings. The van der Waals surface area contributed by atoms with Crippen LogP contribution in [0.5, 0.6) is 0 Å². The lowest BCUT2D eigenvalue weighted by Crippen LogP contribution is -2.19. The highest BCUT2D eigenvalue weighted by molar-refractivity contribution is 7.80. The molecule has 0 unspecified atom stereocenters. The lowest BCUT2D eigenvalue weighted by molar-refractivity contribution is 1.34. The molecule has 18 heavy (non-hydrogen) atoms. The highest BCUT2D eigenvalue weighted by Crippen LogP contribution is 2.29.